The minimum absolute atomic E-state index is 0.0139. The Morgan fingerprint density at radius 2 is 1.88 bits per heavy atom. The smallest absolute Gasteiger partial charge is 0.337 e. The van der Waals surface area contributed by atoms with Gasteiger partial charge in [0, 0.05) is 24.3 Å². The highest BCUT2D eigenvalue weighted by molar-refractivity contribution is 6.05. The lowest BCUT2D eigenvalue weighted by molar-refractivity contribution is 0.0600. The molecule has 0 aliphatic rings. The van der Waals surface area contributed by atoms with E-state index in [1.165, 1.54) is 29.9 Å². The largest absolute Gasteiger partial charge is 0.465 e. The van der Waals surface area contributed by atoms with Crippen molar-refractivity contribution in [2.24, 2.45) is 7.05 Å². The number of nitrogens with one attached hydrogen (secondary N) is 1. The Kier molecular flexibility index (Phi) is 4.30. The topological polar surface area (TPSA) is 90.3 Å². The molecule has 0 saturated heterocycles. The second-order valence-corrected chi connectivity index (χ2v) is 5.36. The number of rotatable bonds is 3. The average molecular weight is 337 g/mol. The Labute approximate surface area is 142 Å². The van der Waals surface area contributed by atoms with E-state index in [-0.39, 0.29) is 5.56 Å². The summed E-state index contributed by atoms with van der Waals surface area (Å²) in [4.78, 5) is 40.4. The molecule has 0 aliphatic carbocycles. The number of aromatic nitrogens is 2. The first-order valence-corrected chi connectivity index (χ1v) is 7.46. The minimum atomic E-state index is -0.530. The van der Waals surface area contributed by atoms with Crippen LogP contribution in [0.5, 0.6) is 0 Å². The Bertz CT molecular complexity index is 1020. The molecule has 0 unspecified atom stereocenters. The lowest BCUT2D eigenvalue weighted by Crippen LogP contribution is -2.28. The lowest BCUT2D eigenvalue weighted by atomic mass is 10.1. The van der Waals surface area contributed by atoms with Gasteiger partial charge in [-0.05, 0) is 42.5 Å². The van der Waals surface area contributed by atoms with Crippen LogP contribution in [0.25, 0.3) is 11.0 Å². The molecule has 126 valence electrons. The molecular formula is C18H15N3O4. The van der Waals surface area contributed by atoms with E-state index in [0.717, 1.165) is 0 Å². The summed E-state index contributed by atoms with van der Waals surface area (Å²) in [5.74, 6) is -0.994. The fourth-order valence-corrected chi connectivity index (χ4v) is 2.47. The predicted octanol–water partition coefficient (Wildman–Crippen LogP) is 1.97. The Morgan fingerprint density at radius 3 is 2.56 bits per heavy atom. The van der Waals surface area contributed by atoms with E-state index in [9.17, 15) is 14.4 Å². The first-order valence-electron chi connectivity index (χ1n) is 7.46. The highest BCUT2D eigenvalue weighted by Crippen LogP contribution is 2.13. The van der Waals surface area contributed by atoms with Crippen LogP contribution in [0.4, 0.5) is 5.69 Å². The van der Waals surface area contributed by atoms with Crippen LogP contribution in [0.15, 0.2) is 53.5 Å². The molecule has 1 aromatic carbocycles. The molecule has 2 heterocycles. The zero-order valence-corrected chi connectivity index (χ0v) is 13.6. The Balaban J connectivity index is 1.91. The summed E-state index contributed by atoms with van der Waals surface area (Å²) in [6.45, 7) is 0. The van der Waals surface area contributed by atoms with Crippen molar-refractivity contribution in [1.29, 1.82) is 0 Å². The lowest BCUT2D eigenvalue weighted by Gasteiger charge is -2.09. The quantitative estimate of drug-likeness (QED) is 0.738. The summed E-state index contributed by atoms with van der Waals surface area (Å²) in [5, 5.41) is 3.34. The fraction of sp³-hybridized carbons (Fsp3) is 0.111. The maximum atomic E-state index is 12.5. The van der Waals surface area contributed by atoms with E-state index in [1.807, 2.05) is 0 Å². The standard InChI is InChI=1S/C18H15N3O4/c1-21-15-12(4-3-9-19-15)10-14(17(21)23)16(22)20-13-7-5-11(6-8-13)18(24)25-2/h3-10H,1-2H3,(H,20,22). The van der Waals surface area contributed by atoms with Gasteiger partial charge < -0.3 is 10.1 Å². The number of methoxy groups -OCH3 is 1. The Hall–Kier alpha value is -3.48. The summed E-state index contributed by atoms with van der Waals surface area (Å²) < 4.78 is 5.96. The van der Waals surface area contributed by atoms with Gasteiger partial charge in [-0.25, -0.2) is 9.78 Å². The van der Waals surface area contributed by atoms with Gasteiger partial charge in [0.15, 0.2) is 0 Å². The number of carbonyl (C=O) groups is 2. The normalized spacial score (nSPS) is 10.5. The zero-order chi connectivity index (χ0) is 18.0. The second-order valence-electron chi connectivity index (χ2n) is 5.36. The van der Waals surface area contributed by atoms with Crippen molar-refractivity contribution in [2.75, 3.05) is 12.4 Å². The maximum absolute atomic E-state index is 12.5. The van der Waals surface area contributed by atoms with E-state index in [4.69, 9.17) is 0 Å². The maximum Gasteiger partial charge on any atom is 0.337 e. The summed E-state index contributed by atoms with van der Waals surface area (Å²) in [6.07, 6.45) is 1.59. The van der Waals surface area contributed by atoms with Crippen LogP contribution in [0, 0.1) is 0 Å². The number of carbonyl (C=O) groups excluding carboxylic acids is 2. The van der Waals surface area contributed by atoms with Gasteiger partial charge in [0.05, 0.1) is 12.7 Å². The van der Waals surface area contributed by atoms with Gasteiger partial charge in [0.25, 0.3) is 11.5 Å². The van der Waals surface area contributed by atoms with Crippen molar-refractivity contribution in [2.45, 2.75) is 0 Å². The third-order valence-corrected chi connectivity index (χ3v) is 3.78. The fourth-order valence-electron chi connectivity index (χ4n) is 2.47. The molecule has 0 bridgehead atoms. The third kappa shape index (κ3) is 3.12. The van der Waals surface area contributed by atoms with E-state index >= 15 is 0 Å². The molecule has 0 fully saturated rings. The first kappa shape index (κ1) is 16.4. The van der Waals surface area contributed by atoms with Crippen LogP contribution in [0.1, 0.15) is 20.7 Å². The van der Waals surface area contributed by atoms with Crippen molar-refractivity contribution >= 4 is 28.6 Å². The number of hydrogen-bond acceptors (Lipinski definition) is 5. The van der Waals surface area contributed by atoms with Crippen LogP contribution in [-0.4, -0.2) is 28.5 Å². The van der Waals surface area contributed by atoms with Crippen LogP contribution in [0.2, 0.25) is 0 Å². The molecule has 2 aromatic heterocycles. The number of fused-ring (bicyclic) bond motifs is 1. The predicted molar refractivity (Wildman–Crippen MR) is 92.7 cm³/mol. The van der Waals surface area contributed by atoms with E-state index in [1.54, 1.807) is 37.5 Å². The summed E-state index contributed by atoms with van der Waals surface area (Å²) >= 11 is 0. The van der Waals surface area contributed by atoms with Gasteiger partial charge in [-0.15, -0.1) is 0 Å². The summed E-state index contributed by atoms with van der Waals surface area (Å²) in [6, 6.07) is 11.2. The zero-order valence-electron chi connectivity index (χ0n) is 13.6. The molecule has 7 heteroatoms. The number of pyridine rings is 2. The van der Waals surface area contributed by atoms with Gasteiger partial charge in [0.2, 0.25) is 0 Å². The number of anilines is 1. The molecule has 3 aromatic rings. The number of ether oxygens (including phenoxy) is 1. The number of amides is 1. The summed E-state index contributed by atoms with van der Waals surface area (Å²) in [7, 11) is 2.86. The van der Waals surface area contributed by atoms with Crippen molar-refractivity contribution in [1.82, 2.24) is 9.55 Å². The number of hydrogen-bond donors (Lipinski definition) is 1. The molecule has 3 rings (SSSR count). The molecule has 1 amide bonds. The number of nitrogens with zero attached hydrogens (tertiary/aromatic N) is 2. The van der Waals surface area contributed by atoms with Gasteiger partial charge in [-0.2, -0.15) is 0 Å². The molecule has 1 N–H and O–H groups in total. The van der Waals surface area contributed by atoms with Gasteiger partial charge in [-0.1, -0.05) is 0 Å². The molecule has 0 radical (unpaired) electrons. The Morgan fingerprint density at radius 1 is 1.16 bits per heavy atom. The van der Waals surface area contributed by atoms with Crippen LogP contribution in [0.3, 0.4) is 0 Å². The van der Waals surface area contributed by atoms with E-state index < -0.39 is 17.4 Å². The van der Waals surface area contributed by atoms with Crippen LogP contribution in [-0.2, 0) is 11.8 Å². The van der Waals surface area contributed by atoms with Crippen LogP contribution < -0.4 is 10.9 Å². The van der Waals surface area contributed by atoms with E-state index in [0.29, 0.717) is 22.3 Å². The number of benzene rings is 1. The summed E-state index contributed by atoms with van der Waals surface area (Å²) in [5.41, 5.74) is 0.917. The first-order chi connectivity index (χ1) is 12.0. The molecule has 25 heavy (non-hydrogen) atoms. The van der Waals surface area contributed by atoms with Crippen molar-refractivity contribution < 1.29 is 14.3 Å². The second kappa shape index (κ2) is 6.56. The molecule has 0 atom stereocenters. The molecule has 0 aliphatic heterocycles. The SMILES string of the molecule is COC(=O)c1ccc(NC(=O)c2cc3cccnc3n(C)c2=O)cc1. The molecule has 0 spiro atoms. The van der Waals surface area contributed by atoms with Crippen molar-refractivity contribution in [3.63, 3.8) is 0 Å². The highest BCUT2D eigenvalue weighted by Gasteiger charge is 2.15. The number of aryl methyl sites for hydroxylation is 1. The van der Waals surface area contributed by atoms with Gasteiger partial charge in [-0.3, -0.25) is 14.2 Å². The van der Waals surface area contributed by atoms with Crippen LogP contribution >= 0.6 is 0 Å². The molecule has 0 saturated carbocycles. The van der Waals surface area contributed by atoms with Gasteiger partial charge >= 0.3 is 5.97 Å². The van der Waals surface area contributed by atoms with Crippen molar-refractivity contribution in [3.05, 3.63) is 70.1 Å². The van der Waals surface area contributed by atoms with Crippen molar-refractivity contribution in [3.8, 4) is 0 Å². The average Bonchev–Trinajstić information content (AvgIpc) is 2.64. The molecule has 7 nitrogen and oxygen atoms in total. The minimum Gasteiger partial charge on any atom is -0.465 e. The third-order valence-electron chi connectivity index (χ3n) is 3.78. The van der Waals surface area contributed by atoms with E-state index in [2.05, 4.69) is 15.0 Å². The monoisotopic (exact) mass is 337 g/mol. The highest BCUT2D eigenvalue weighted by atomic mass is 16.5. The number of esters is 1. The van der Waals surface area contributed by atoms with Gasteiger partial charge in [0.1, 0.15) is 11.2 Å². The molecular weight excluding hydrogens is 322 g/mol.